The first-order valence-electron chi connectivity index (χ1n) is 9.05. The van der Waals surface area contributed by atoms with Gasteiger partial charge in [0.25, 0.3) is 0 Å². The van der Waals surface area contributed by atoms with Gasteiger partial charge in [0.05, 0.1) is 17.6 Å². The Labute approximate surface area is 183 Å². The molecule has 2 aromatic rings. The largest absolute Gasteiger partial charge is 0.416 e. The topological polar surface area (TPSA) is 88.5 Å². The minimum Gasteiger partial charge on any atom is -0.339 e. The highest BCUT2D eigenvalue weighted by Gasteiger charge is 2.48. The van der Waals surface area contributed by atoms with Crippen LogP contribution >= 0.6 is 24.8 Å². The molecule has 7 nitrogen and oxygen atoms in total. The number of amides is 1. The summed E-state index contributed by atoms with van der Waals surface area (Å²) in [6.45, 7) is 2.81. The van der Waals surface area contributed by atoms with Gasteiger partial charge < -0.3 is 15.2 Å². The monoisotopic (exact) mass is 467 g/mol. The van der Waals surface area contributed by atoms with Gasteiger partial charge in [-0.15, -0.1) is 24.8 Å². The molecule has 12 heteroatoms. The summed E-state index contributed by atoms with van der Waals surface area (Å²) in [4.78, 5) is 20.3. The number of nitrogens with zero attached hydrogens (tertiary/aromatic N) is 4. The molecular formula is C18H22Cl2F3N5O2. The number of aromatic nitrogens is 2. The number of hydrogen-bond acceptors (Lipinski definition) is 6. The van der Waals surface area contributed by atoms with Crippen molar-refractivity contribution in [2.75, 3.05) is 26.2 Å². The zero-order valence-electron chi connectivity index (χ0n) is 15.9. The van der Waals surface area contributed by atoms with E-state index in [1.54, 1.807) is 4.90 Å². The lowest BCUT2D eigenvalue weighted by Crippen LogP contribution is -2.53. The molecule has 0 radical (unpaired) electrons. The van der Waals surface area contributed by atoms with Crippen LogP contribution in [0.2, 0.25) is 0 Å². The van der Waals surface area contributed by atoms with E-state index in [1.807, 2.05) is 0 Å². The first kappa shape index (κ1) is 24.4. The molecule has 30 heavy (non-hydrogen) atoms. The van der Waals surface area contributed by atoms with Crippen molar-refractivity contribution in [1.82, 2.24) is 19.9 Å². The minimum absolute atomic E-state index is 0. The Bertz CT molecular complexity index is 881. The van der Waals surface area contributed by atoms with Crippen LogP contribution in [0, 0.1) is 0 Å². The van der Waals surface area contributed by atoms with Crippen LogP contribution in [-0.4, -0.2) is 57.6 Å². The van der Waals surface area contributed by atoms with E-state index in [-0.39, 0.29) is 42.1 Å². The number of carbonyl (C=O) groups is 1. The molecule has 2 heterocycles. The van der Waals surface area contributed by atoms with Crippen molar-refractivity contribution in [3.8, 4) is 11.4 Å². The van der Waals surface area contributed by atoms with Crippen molar-refractivity contribution in [2.24, 2.45) is 5.73 Å². The van der Waals surface area contributed by atoms with Crippen LogP contribution in [0.25, 0.3) is 11.4 Å². The van der Waals surface area contributed by atoms with E-state index in [0.29, 0.717) is 38.6 Å². The number of nitrogens with two attached hydrogens (primary N) is 1. The van der Waals surface area contributed by atoms with Crippen LogP contribution in [-0.2, 0) is 17.5 Å². The molecular weight excluding hydrogens is 446 g/mol. The Balaban J connectivity index is 0.00000160. The van der Waals surface area contributed by atoms with E-state index in [0.717, 1.165) is 25.0 Å². The Morgan fingerprint density at radius 3 is 2.43 bits per heavy atom. The van der Waals surface area contributed by atoms with Crippen LogP contribution < -0.4 is 5.73 Å². The summed E-state index contributed by atoms with van der Waals surface area (Å²) >= 11 is 0. The van der Waals surface area contributed by atoms with Crippen molar-refractivity contribution in [3.63, 3.8) is 0 Å². The van der Waals surface area contributed by atoms with Gasteiger partial charge in [-0.25, -0.2) is 0 Å². The Kier molecular flexibility index (Phi) is 7.39. The van der Waals surface area contributed by atoms with Gasteiger partial charge in [-0.05, 0) is 25.0 Å². The van der Waals surface area contributed by atoms with Crippen LogP contribution in [0.15, 0.2) is 28.8 Å². The third kappa shape index (κ3) is 5.23. The summed E-state index contributed by atoms with van der Waals surface area (Å²) in [5.41, 5.74) is 4.80. The average Bonchev–Trinajstić information content (AvgIpc) is 3.25. The number of carbonyl (C=O) groups excluding carboxylic acids is 1. The SMILES string of the molecule is Cl.Cl.NC1(C(=O)N2CCN(Cc3nc(-c4cccc(C(F)(F)F)c4)no3)CC2)CC1. The van der Waals surface area contributed by atoms with Crippen molar-refractivity contribution < 1.29 is 22.5 Å². The number of halogens is 5. The number of benzene rings is 1. The molecule has 0 spiro atoms. The Morgan fingerprint density at radius 1 is 1.17 bits per heavy atom. The maximum Gasteiger partial charge on any atom is 0.416 e. The lowest BCUT2D eigenvalue weighted by Gasteiger charge is -2.35. The smallest absolute Gasteiger partial charge is 0.339 e. The summed E-state index contributed by atoms with van der Waals surface area (Å²) in [6.07, 6.45) is -2.94. The molecule has 1 aliphatic carbocycles. The molecule has 166 valence electrons. The first-order valence-corrected chi connectivity index (χ1v) is 9.05. The van der Waals surface area contributed by atoms with Gasteiger partial charge in [0.1, 0.15) is 0 Å². The average molecular weight is 468 g/mol. The molecule has 2 N–H and O–H groups in total. The molecule has 1 saturated heterocycles. The van der Waals surface area contributed by atoms with Crippen LogP contribution in [0.5, 0.6) is 0 Å². The standard InChI is InChI=1S/C18H20F3N5O2.2ClH/c19-18(20,21)13-3-1-2-12(10-13)15-23-14(28-24-15)11-25-6-8-26(9-7-25)16(27)17(22)4-5-17;;/h1-3,10H,4-9,11,22H2;2*1H. The quantitative estimate of drug-likeness (QED) is 0.743. The molecule has 0 atom stereocenters. The lowest BCUT2D eigenvalue weighted by molar-refractivity contribution is -0.137. The molecule has 1 amide bonds. The minimum atomic E-state index is -4.43. The zero-order chi connectivity index (χ0) is 19.9. The summed E-state index contributed by atoms with van der Waals surface area (Å²) in [7, 11) is 0. The lowest BCUT2D eigenvalue weighted by atomic mass is 10.1. The molecule has 1 aliphatic heterocycles. The van der Waals surface area contributed by atoms with Gasteiger partial charge in [-0.2, -0.15) is 18.2 Å². The molecule has 0 bridgehead atoms. The number of hydrogen-bond donors (Lipinski definition) is 1. The molecule has 4 rings (SSSR count). The fourth-order valence-electron chi connectivity index (χ4n) is 3.23. The number of piperazine rings is 1. The van der Waals surface area contributed by atoms with Crippen LogP contribution in [0.4, 0.5) is 13.2 Å². The third-order valence-corrected chi connectivity index (χ3v) is 5.15. The number of rotatable bonds is 4. The van der Waals surface area contributed by atoms with E-state index in [1.165, 1.54) is 12.1 Å². The highest BCUT2D eigenvalue weighted by atomic mass is 35.5. The van der Waals surface area contributed by atoms with E-state index < -0.39 is 17.3 Å². The second-order valence-corrected chi connectivity index (χ2v) is 7.31. The second-order valence-electron chi connectivity index (χ2n) is 7.31. The molecule has 0 unspecified atom stereocenters. The summed E-state index contributed by atoms with van der Waals surface area (Å²) < 4.78 is 43.8. The van der Waals surface area contributed by atoms with Gasteiger partial charge in [-0.1, -0.05) is 17.3 Å². The predicted octanol–water partition coefficient (Wildman–Crippen LogP) is 2.73. The van der Waals surface area contributed by atoms with E-state index >= 15 is 0 Å². The maximum absolute atomic E-state index is 12.9. The van der Waals surface area contributed by atoms with Gasteiger partial charge in [0, 0.05) is 31.7 Å². The van der Waals surface area contributed by atoms with Crippen LogP contribution in [0.1, 0.15) is 24.3 Å². The van der Waals surface area contributed by atoms with Gasteiger partial charge in [0.15, 0.2) is 0 Å². The molecule has 2 fully saturated rings. The molecule has 1 aromatic heterocycles. The third-order valence-electron chi connectivity index (χ3n) is 5.15. The summed E-state index contributed by atoms with van der Waals surface area (Å²) in [5.74, 6) is 0.454. The molecule has 1 aromatic carbocycles. The summed E-state index contributed by atoms with van der Waals surface area (Å²) in [6, 6.07) is 4.82. The van der Waals surface area contributed by atoms with E-state index in [9.17, 15) is 18.0 Å². The van der Waals surface area contributed by atoms with Crippen molar-refractivity contribution in [3.05, 3.63) is 35.7 Å². The van der Waals surface area contributed by atoms with E-state index in [2.05, 4.69) is 15.0 Å². The van der Waals surface area contributed by atoms with Crippen LogP contribution in [0.3, 0.4) is 0 Å². The van der Waals surface area contributed by atoms with Gasteiger partial charge in [0.2, 0.25) is 17.6 Å². The van der Waals surface area contributed by atoms with Crippen molar-refractivity contribution in [2.45, 2.75) is 31.1 Å². The normalized spacial score (nSPS) is 18.3. The fraction of sp³-hybridized carbons (Fsp3) is 0.500. The maximum atomic E-state index is 12.9. The molecule has 1 saturated carbocycles. The van der Waals surface area contributed by atoms with Gasteiger partial charge >= 0.3 is 6.18 Å². The number of alkyl halides is 3. The highest BCUT2D eigenvalue weighted by Crippen LogP contribution is 2.34. The van der Waals surface area contributed by atoms with Gasteiger partial charge in [-0.3, -0.25) is 9.69 Å². The van der Waals surface area contributed by atoms with Crippen molar-refractivity contribution >= 4 is 30.7 Å². The second kappa shape index (κ2) is 9.09. The Morgan fingerprint density at radius 2 is 1.83 bits per heavy atom. The summed E-state index contributed by atoms with van der Waals surface area (Å²) in [5, 5.41) is 3.80. The van der Waals surface area contributed by atoms with Crippen molar-refractivity contribution in [1.29, 1.82) is 0 Å². The Hall–Kier alpha value is -1.88. The highest BCUT2D eigenvalue weighted by molar-refractivity contribution is 5.89. The fourth-order valence-corrected chi connectivity index (χ4v) is 3.23. The van der Waals surface area contributed by atoms with E-state index in [4.69, 9.17) is 10.3 Å². The first-order chi connectivity index (χ1) is 13.2. The molecule has 2 aliphatic rings. The predicted molar refractivity (Wildman–Crippen MR) is 107 cm³/mol. The zero-order valence-corrected chi connectivity index (χ0v) is 17.5.